The minimum absolute atomic E-state index is 0.159. The van der Waals surface area contributed by atoms with Crippen LogP contribution in [-0.2, 0) is 29.1 Å². The van der Waals surface area contributed by atoms with Crippen LogP contribution in [0.3, 0.4) is 0 Å². The van der Waals surface area contributed by atoms with E-state index in [2.05, 4.69) is 26.1 Å². The Bertz CT molecular complexity index is 818. The van der Waals surface area contributed by atoms with Crippen LogP contribution in [0.1, 0.15) is 22.8 Å². The van der Waals surface area contributed by atoms with Crippen molar-refractivity contribution in [3.8, 4) is 0 Å². The number of carbonyl (C=O) groups is 2. The molecule has 8 heteroatoms. The van der Waals surface area contributed by atoms with Gasteiger partial charge in [-0.3, -0.25) is 4.79 Å². The molecule has 24 heavy (non-hydrogen) atoms. The van der Waals surface area contributed by atoms with Crippen molar-refractivity contribution in [2.24, 2.45) is 0 Å². The summed E-state index contributed by atoms with van der Waals surface area (Å²) < 4.78 is 2.70. The van der Waals surface area contributed by atoms with Crippen molar-refractivity contribution in [1.82, 2.24) is 19.7 Å². The molecule has 1 unspecified atom stereocenters. The third-order valence-corrected chi connectivity index (χ3v) is 4.80. The van der Waals surface area contributed by atoms with Crippen molar-refractivity contribution in [3.05, 3.63) is 45.4 Å². The normalized spacial score (nSPS) is 16.8. The van der Waals surface area contributed by atoms with Gasteiger partial charge in [-0.05, 0) is 37.1 Å². The van der Waals surface area contributed by atoms with Crippen molar-refractivity contribution in [1.29, 1.82) is 0 Å². The van der Waals surface area contributed by atoms with Crippen molar-refractivity contribution in [2.45, 2.75) is 39.4 Å². The van der Waals surface area contributed by atoms with Crippen LogP contribution in [0.15, 0.2) is 22.7 Å². The van der Waals surface area contributed by atoms with Gasteiger partial charge >= 0.3 is 5.97 Å². The molecule has 1 aliphatic heterocycles. The molecule has 1 N–H and O–H groups in total. The Labute approximate surface area is 147 Å². The van der Waals surface area contributed by atoms with E-state index in [1.807, 2.05) is 25.1 Å². The zero-order chi connectivity index (χ0) is 17.4. The summed E-state index contributed by atoms with van der Waals surface area (Å²) in [4.78, 5) is 25.7. The Morgan fingerprint density at radius 2 is 2.08 bits per heavy atom. The zero-order valence-electron chi connectivity index (χ0n) is 13.4. The second-order valence-corrected chi connectivity index (χ2v) is 6.81. The van der Waals surface area contributed by atoms with Crippen molar-refractivity contribution >= 4 is 27.8 Å². The van der Waals surface area contributed by atoms with Gasteiger partial charge in [0.15, 0.2) is 5.82 Å². The number of aromatic nitrogens is 3. The number of carbonyl (C=O) groups excluding carboxylic acids is 1. The van der Waals surface area contributed by atoms with E-state index in [1.54, 1.807) is 11.5 Å². The lowest BCUT2D eigenvalue weighted by atomic mass is 10.0. The van der Waals surface area contributed by atoms with Crippen LogP contribution in [-0.4, -0.2) is 42.7 Å². The van der Waals surface area contributed by atoms with E-state index >= 15 is 0 Å². The molecule has 1 atom stereocenters. The Kier molecular flexibility index (Phi) is 4.40. The van der Waals surface area contributed by atoms with Crippen LogP contribution in [0.2, 0.25) is 0 Å². The fourth-order valence-electron chi connectivity index (χ4n) is 2.91. The van der Waals surface area contributed by atoms with Crippen molar-refractivity contribution < 1.29 is 14.7 Å². The second kappa shape index (κ2) is 6.35. The van der Waals surface area contributed by atoms with Gasteiger partial charge < -0.3 is 14.6 Å². The van der Waals surface area contributed by atoms with Gasteiger partial charge in [0.05, 0.1) is 19.5 Å². The molecule has 0 saturated heterocycles. The molecular weight excluding hydrogens is 376 g/mol. The summed E-state index contributed by atoms with van der Waals surface area (Å²) in [6.07, 6.45) is 0.163. The van der Waals surface area contributed by atoms with E-state index in [0.717, 1.165) is 15.6 Å². The first-order valence-corrected chi connectivity index (χ1v) is 8.32. The molecule has 0 spiro atoms. The first kappa shape index (κ1) is 16.6. The van der Waals surface area contributed by atoms with E-state index in [-0.39, 0.29) is 25.4 Å². The fourth-order valence-corrected chi connectivity index (χ4v) is 3.38. The number of carboxylic acid groups (broad SMARTS) is 1. The number of aryl methyl sites for hydroxylation is 2. The first-order valence-electron chi connectivity index (χ1n) is 7.53. The monoisotopic (exact) mass is 392 g/mol. The third-order valence-electron chi connectivity index (χ3n) is 4.31. The van der Waals surface area contributed by atoms with Crippen LogP contribution in [0.25, 0.3) is 0 Å². The van der Waals surface area contributed by atoms with E-state index in [9.17, 15) is 14.7 Å². The van der Waals surface area contributed by atoms with E-state index in [1.165, 1.54) is 4.90 Å². The van der Waals surface area contributed by atoms with E-state index < -0.39 is 12.0 Å². The van der Waals surface area contributed by atoms with Gasteiger partial charge in [0.1, 0.15) is 11.9 Å². The molecule has 3 rings (SSSR count). The Morgan fingerprint density at radius 3 is 2.75 bits per heavy atom. The number of amides is 1. The molecule has 126 valence electrons. The highest BCUT2D eigenvalue weighted by atomic mass is 79.9. The highest BCUT2D eigenvalue weighted by molar-refractivity contribution is 9.10. The van der Waals surface area contributed by atoms with Crippen molar-refractivity contribution in [3.63, 3.8) is 0 Å². The summed E-state index contributed by atoms with van der Waals surface area (Å²) in [6, 6.07) is 4.79. The molecule has 1 amide bonds. The fraction of sp³-hybridized carbons (Fsp3) is 0.375. The smallest absolute Gasteiger partial charge is 0.328 e. The van der Waals surface area contributed by atoms with Crippen LogP contribution in [0, 0.1) is 13.8 Å². The van der Waals surface area contributed by atoms with Gasteiger partial charge in [0.25, 0.3) is 0 Å². The topological polar surface area (TPSA) is 88.3 Å². The maximum absolute atomic E-state index is 12.7. The summed E-state index contributed by atoms with van der Waals surface area (Å²) >= 11 is 3.40. The number of rotatable bonds is 3. The average Bonchev–Trinajstić information content (AvgIpc) is 2.89. The number of hydrogen-bond donors (Lipinski definition) is 1. The number of nitrogens with zero attached hydrogens (tertiary/aromatic N) is 4. The standard InChI is InChI=1S/C16H17BrN4O3/c1-9-5-12(17)4-3-11(9)6-15(22)21-8-14-19-18-10(2)20(14)7-13(21)16(23)24/h3-5,13H,6-8H2,1-2H3,(H,23,24). The summed E-state index contributed by atoms with van der Waals surface area (Å²) in [5, 5.41) is 17.5. The summed E-state index contributed by atoms with van der Waals surface area (Å²) in [5.74, 6) is 0.0346. The number of aliphatic carboxylic acids is 1. The van der Waals surface area contributed by atoms with Crippen LogP contribution in [0.4, 0.5) is 0 Å². The predicted molar refractivity (Wildman–Crippen MR) is 89.3 cm³/mol. The van der Waals surface area contributed by atoms with Crippen molar-refractivity contribution in [2.75, 3.05) is 0 Å². The average molecular weight is 393 g/mol. The Hall–Kier alpha value is -2.22. The predicted octanol–water partition coefficient (Wildman–Crippen LogP) is 1.70. The molecule has 1 aromatic heterocycles. The molecule has 1 aromatic carbocycles. The molecule has 0 fully saturated rings. The van der Waals surface area contributed by atoms with Crippen LogP contribution < -0.4 is 0 Å². The molecule has 0 saturated carbocycles. The largest absolute Gasteiger partial charge is 0.480 e. The second-order valence-electron chi connectivity index (χ2n) is 5.90. The Balaban J connectivity index is 1.86. The lowest BCUT2D eigenvalue weighted by Crippen LogP contribution is -2.51. The molecule has 0 radical (unpaired) electrons. The zero-order valence-corrected chi connectivity index (χ0v) is 14.9. The van der Waals surface area contributed by atoms with Gasteiger partial charge in [-0.15, -0.1) is 10.2 Å². The quantitative estimate of drug-likeness (QED) is 0.858. The van der Waals surface area contributed by atoms with Gasteiger partial charge in [-0.1, -0.05) is 22.0 Å². The molecule has 2 heterocycles. The SMILES string of the molecule is Cc1cc(Br)ccc1CC(=O)N1Cc2nnc(C)n2CC1C(=O)O. The number of fused-ring (bicyclic) bond motifs is 1. The summed E-state index contributed by atoms with van der Waals surface area (Å²) in [7, 11) is 0. The Morgan fingerprint density at radius 1 is 1.33 bits per heavy atom. The summed E-state index contributed by atoms with van der Waals surface area (Å²) in [6.45, 7) is 4.04. The minimum atomic E-state index is -1.02. The molecule has 2 aromatic rings. The van der Waals surface area contributed by atoms with Crippen LogP contribution >= 0.6 is 15.9 Å². The lowest BCUT2D eigenvalue weighted by molar-refractivity contribution is -0.152. The van der Waals surface area contributed by atoms with E-state index in [4.69, 9.17) is 0 Å². The molecule has 0 aliphatic carbocycles. The highest BCUT2D eigenvalue weighted by Gasteiger charge is 2.36. The number of benzene rings is 1. The molecule has 1 aliphatic rings. The lowest BCUT2D eigenvalue weighted by Gasteiger charge is -2.33. The molecular formula is C16H17BrN4O3. The number of halogens is 1. The molecule has 7 nitrogen and oxygen atoms in total. The first-order chi connectivity index (χ1) is 11.4. The molecule has 0 bridgehead atoms. The minimum Gasteiger partial charge on any atom is -0.480 e. The number of hydrogen-bond acceptors (Lipinski definition) is 4. The third kappa shape index (κ3) is 3.06. The maximum Gasteiger partial charge on any atom is 0.328 e. The van der Waals surface area contributed by atoms with Gasteiger partial charge in [0, 0.05) is 4.47 Å². The van der Waals surface area contributed by atoms with Gasteiger partial charge in [0.2, 0.25) is 5.91 Å². The maximum atomic E-state index is 12.7. The summed E-state index contributed by atoms with van der Waals surface area (Å²) in [5.41, 5.74) is 1.87. The number of carboxylic acids is 1. The van der Waals surface area contributed by atoms with Gasteiger partial charge in [-0.25, -0.2) is 4.79 Å². The van der Waals surface area contributed by atoms with Crippen LogP contribution in [0.5, 0.6) is 0 Å². The van der Waals surface area contributed by atoms with E-state index in [0.29, 0.717) is 11.6 Å². The van der Waals surface area contributed by atoms with Gasteiger partial charge in [-0.2, -0.15) is 0 Å². The highest BCUT2D eigenvalue weighted by Crippen LogP contribution is 2.21.